The Morgan fingerprint density at radius 2 is 0.598 bits per heavy atom. The number of nitrogens with one attached hydrogen (secondary N) is 1. The van der Waals surface area contributed by atoms with Gasteiger partial charge < -0.3 is 19.8 Å². The zero-order valence-corrected chi connectivity index (χ0v) is 63.7. The highest BCUT2D eigenvalue weighted by atomic mass is 31.2. The van der Waals surface area contributed by atoms with Gasteiger partial charge in [-0.25, -0.2) is 4.57 Å². The summed E-state index contributed by atoms with van der Waals surface area (Å²) in [6.45, 7) is 4.86. The predicted octanol–water partition coefficient (Wildman–Crippen LogP) is 27.1. The average Bonchev–Trinajstić information content (AvgIpc) is 3.24. The standard InChI is InChI=1S/C83H163N2O6P/c1-6-8-10-12-14-16-18-20-22-24-26-28-30-32-34-36-38-39-40-41-42-43-44-45-47-49-51-53-55-57-59-61-63-65-67-69-71-73-75-77-83(87)84-81(80-91-92(88,89)90-79-78-85(3,4)5)82(86)76-74-72-70-68-66-64-62-60-58-56-54-52-50-48-46-37-35-33-31-29-27-25-23-21-19-17-15-13-11-9-7-2/h58,60,66,68,74,76,81-82,86H,6-57,59,61-65,67,69-73,75,77-80H2,1-5H3,(H-,84,87,88,89)/p+1/b60-58+,68-66+,76-74+. The molecule has 3 unspecified atom stereocenters. The maximum absolute atomic E-state index is 13.1. The van der Waals surface area contributed by atoms with Crippen molar-refractivity contribution in [2.45, 2.75) is 450 Å². The van der Waals surface area contributed by atoms with Gasteiger partial charge in [-0.2, -0.15) is 0 Å². The van der Waals surface area contributed by atoms with E-state index in [1.165, 1.54) is 372 Å². The van der Waals surface area contributed by atoms with Gasteiger partial charge in [-0.3, -0.25) is 13.8 Å². The molecule has 0 fully saturated rings. The fraction of sp³-hybridized carbons (Fsp3) is 0.916. The van der Waals surface area contributed by atoms with E-state index in [0.29, 0.717) is 17.4 Å². The number of quaternary nitrogens is 1. The second-order valence-electron chi connectivity index (χ2n) is 29.8. The van der Waals surface area contributed by atoms with Crippen molar-refractivity contribution in [1.82, 2.24) is 5.32 Å². The fourth-order valence-corrected chi connectivity index (χ4v) is 13.7. The van der Waals surface area contributed by atoms with Gasteiger partial charge in [-0.15, -0.1) is 0 Å². The number of hydrogen-bond donors (Lipinski definition) is 3. The number of phosphoric acid groups is 1. The Morgan fingerprint density at radius 1 is 0.359 bits per heavy atom. The van der Waals surface area contributed by atoms with Crippen LogP contribution in [0.4, 0.5) is 0 Å². The molecule has 92 heavy (non-hydrogen) atoms. The summed E-state index contributed by atoms with van der Waals surface area (Å²) in [4.78, 5) is 23.5. The van der Waals surface area contributed by atoms with Crippen molar-refractivity contribution in [2.24, 2.45) is 0 Å². The van der Waals surface area contributed by atoms with Crippen LogP contribution in [0.1, 0.15) is 438 Å². The van der Waals surface area contributed by atoms with E-state index in [9.17, 15) is 19.4 Å². The monoisotopic (exact) mass is 1320 g/mol. The molecule has 0 saturated carbocycles. The van der Waals surface area contributed by atoms with Crippen molar-refractivity contribution in [2.75, 3.05) is 40.9 Å². The van der Waals surface area contributed by atoms with Crippen molar-refractivity contribution >= 4 is 13.7 Å². The second kappa shape index (κ2) is 74.0. The van der Waals surface area contributed by atoms with Crippen molar-refractivity contribution in [3.05, 3.63) is 36.5 Å². The van der Waals surface area contributed by atoms with Crippen LogP contribution in [0.15, 0.2) is 36.5 Å². The molecule has 0 aromatic heterocycles. The molecule has 0 aromatic carbocycles. The number of rotatable bonds is 78. The molecule has 0 rings (SSSR count). The maximum Gasteiger partial charge on any atom is 0.472 e. The predicted molar refractivity (Wildman–Crippen MR) is 406 cm³/mol. The number of nitrogens with zero attached hydrogens (tertiary/aromatic N) is 1. The van der Waals surface area contributed by atoms with Gasteiger partial charge in [0, 0.05) is 6.42 Å². The molecule has 0 aliphatic rings. The molecule has 0 aliphatic heterocycles. The second-order valence-corrected chi connectivity index (χ2v) is 31.3. The Kier molecular flexibility index (Phi) is 72.9. The molecule has 0 spiro atoms. The molecule has 546 valence electrons. The molecule has 0 radical (unpaired) electrons. The van der Waals surface area contributed by atoms with Gasteiger partial charge in [0.15, 0.2) is 0 Å². The summed E-state index contributed by atoms with van der Waals surface area (Å²) in [5, 5.41) is 14.0. The van der Waals surface area contributed by atoms with Gasteiger partial charge in [0.05, 0.1) is 39.9 Å². The SMILES string of the molecule is CCCCCCCCCCCCCCCCCCCCCCC/C=C/CC/C=C/CC/C=C/C(O)C(COP(=O)(O)OCC[N+](C)(C)C)NC(=O)CCCCCCCCCCCCCCCCCCCCCCCCCCCCCCCCCCCCCCCCC. The van der Waals surface area contributed by atoms with Crippen LogP contribution in [-0.4, -0.2) is 73.4 Å². The Balaban J connectivity index is 3.95. The molecule has 0 bridgehead atoms. The molecular formula is C83H164N2O6P+. The van der Waals surface area contributed by atoms with Crippen LogP contribution in [-0.2, 0) is 18.4 Å². The van der Waals surface area contributed by atoms with Crippen molar-refractivity contribution in [1.29, 1.82) is 0 Å². The smallest absolute Gasteiger partial charge is 0.387 e. The number of likely N-dealkylation sites (N-methyl/N-ethyl adjacent to an activating group) is 1. The number of hydrogen-bond acceptors (Lipinski definition) is 5. The lowest BCUT2D eigenvalue weighted by Gasteiger charge is -2.25. The van der Waals surface area contributed by atoms with E-state index >= 15 is 0 Å². The van der Waals surface area contributed by atoms with Crippen molar-refractivity contribution in [3.63, 3.8) is 0 Å². The zero-order chi connectivity index (χ0) is 66.9. The third-order valence-electron chi connectivity index (χ3n) is 19.3. The largest absolute Gasteiger partial charge is 0.472 e. The minimum Gasteiger partial charge on any atom is -0.387 e. The summed E-state index contributed by atoms with van der Waals surface area (Å²) in [6, 6.07) is -0.871. The van der Waals surface area contributed by atoms with Crippen LogP contribution in [0.2, 0.25) is 0 Å². The van der Waals surface area contributed by atoms with Crippen molar-refractivity contribution in [3.8, 4) is 0 Å². The van der Waals surface area contributed by atoms with Crippen LogP contribution in [0.3, 0.4) is 0 Å². The summed E-state index contributed by atoms with van der Waals surface area (Å²) in [5.41, 5.74) is 0. The Bertz CT molecular complexity index is 1600. The number of carbonyl (C=O) groups excluding carboxylic acids is 1. The van der Waals surface area contributed by atoms with E-state index in [1.54, 1.807) is 6.08 Å². The van der Waals surface area contributed by atoms with E-state index < -0.39 is 20.0 Å². The number of unbranched alkanes of at least 4 members (excludes halogenated alkanes) is 61. The highest BCUT2D eigenvalue weighted by molar-refractivity contribution is 7.47. The molecule has 3 N–H and O–H groups in total. The molecule has 9 heteroatoms. The van der Waals surface area contributed by atoms with Crippen LogP contribution >= 0.6 is 7.82 Å². The lowest BCUT2D eigenvalue weighted by molar-refractivity contribution is -0.870. The molecule has 1 amide bonds. The number of aliphatic hydroxyl groups excluding tert-OH is 1. The molecule has 0 aliphatic carbocycles. The zero-order valence-electron chi connectivity index (χ0n) is 62.8. The van der Waals surface area contributed by atoms with Crippen LogP contribution in [0.5, 0.6) is 0 Å². The lowest BCUT2D eigenvalue weighted by atomic mass is 10.0. The Morgan fingerprint density at radius 3 is 0.870 bits per heavy atom. The highest BCUT2D eigenvalue weighted by Gasteiger charge is 2.28. The molecule has 0 heterocycles. The topological polar surface area (TPSA) is 105 Å². The Hall–Kier alpha value is -1.28. The van der Waals surface area contributed by atoms with E-state index in [-0.39, 0.29) is 19.1 Å². The molecule has 8 nitrogen and oxygen atoms in total. The Labute approximate surface area is 576 Å². The first-order valence-electron chi connectivity index (χ1n) is 41.4. The third kappa shape index (κ3) is 76.1. The summed E-state index contributed by atoms with van der Waals surface area (Å²) in [6.07, 6.45) is 101. The number of aliphatic hydroxyl groups is 1. The van der Waals surface area contributed by atoms with E-state index in [1.807, 2.05) is 27.2 Å². The van der Waals surface area contributed by atoms with Gasteiger partial charge >= 0.3 is 7.82 Å². The first-order valence-corrected chi connectivity index (χ1v) is 42.9. The quantitative estimate of drug-likeness (QED) is 0.0243. The lowest BCUT2D eigenvalue weighted by Crippen LogP contribution is -2.45. The van der Waals surface area contributed by atoms with E-state index in [4.69, 9.17) is 9.05 Å². The summed E-state index contributed by atoms with van der Waals surface area (Å²) in [7, 11) is 1.57. The number of amides is 1. The van der Waals surface area contributed by atoms with Gasteiger partial charge in [0.1, 0.15) is 13.2 Å². The van der Waals surface area contributed by atoms with Gasteiger partial charge in [-0.1, -0.05) is 423 Å². The molecular weight excluding hydrogens is 1150 g/mol. The number of allylic oxidation sites excluding steroid dienone is 5. The van der Waals surface area contributed by atoms with Gasteiger partial charge in [-0.05, 0) is 44.9 Å². The number of phosphoric ester groups is 1. The molecule has 3 atom stereocenters. The molecule has 0 aromatic rings. The van der Waals surface area contributed by atoms with Gasteiger partial charge in [0.25, 0.3) is 0 Å². The van der Waals surface area contributed by atoms with Crippen LogP contribution in [0.25, 0.3) is 0 Å². The minimum atomic E-state index is -4.37. The van der Waals surface area contributed by atoms with E-state index in [2.05, 4.69) is 43.5 Å². The first kappa shape index (κ1) is 90.7. The normalized spacial score (nSPS) is 13.6. The summed E-state index contributed by atoms with van der Waals surface area (Å²) in [5.74, 6) is -0.181. The van der Waals surface area contributed by atoms with E-state index in [0.717, 1.165) is 44.9 Å². The summed E-state index contributed by atoms with van der Waals surface area (Å²) >= 11 is 0. The molecule has 0 saturated heterocycles. The van der Waals surface area contributed by atoms with Crippen LogP contribution in [0, 0.1) is 0 Å². The van der Waals surface area contributed by atoms with Gasteiger partial charge in [0.2, 0.25) is 5.91 Å². The number of carbonyl (C=O) groups is 1. The minimum absolute atomic E-state index is 0.0556. The fourth-order valence-electron chi connectivity index (χ4n) is 13.0. The first-order chi connectivity index (χ1) is 45.0. The average molecular weight is 1320 g/mol. The van der Waals surface area contributed by atoms with Crippen LogP contribution < -0.4 is 5.32 Å². The summed E-state index contributed by atoms with van der Waals surface area (Å²) < 4.78 is 23.9. The maximum atomic E-state index is 13.1. The highest BCUT2D eigenvalue weighted by Crippen LogP contribution is 2.43. The third-order valence-corrected chi connectivity index (χ3v) is 20.3. The van der Waals surface area contributed by atoms with Crippen molar-refractivity contribution < 1.29 is 32.9 Å².